The predicted octanol–water partition coefficient (Wildman–Crippen LogP) is 2.84. The minimum absolute atomic E-state index is 0.0979. The fraction of sp³-hybridized carbons (Fsp3) is 0.571. The van der Waals surface area contributed by atoms with Gasteiger partial charge in [0.1, 0.15) is 5.52 Å². The van der Waals surface area contributed by atoms with Crippen LogP contribution in [0.4, 0.5) is 14.6 Å². The number of rotatable bonds is 2. The van der Waals surface area contributed by atoms with Gasteiger partial charge in [-0.15, -0.1) is 0 Å². The largest absolute Gasteiger partial charge is 0.354 e. The van der Waals surface area contributed by atoms with E-state index in [1.807, 2.05) is 15.6 Å². The number of nitrogens with zero attached hydrogens (tertiary/aromatic N) is 4. The third kappa shape index (κ3) is 2.03. The van der Waals surface area contributed by atoms with Gasteiger partial charge in [-0.25, -0.2) is 18.3 Å². The van der Waals surface area contributed by atoms with Crippen LogP contribution in [0.25, 0.3) is 5.52 Å². The number of aromatic nitrogens is 3. The highest BCUT2D eigenvalue weighted by Crippen LogP contribution is 2.40. The molecule has 0 spiro atoms. The molecule has 6 heteroatoms. The molecule has 2 fully saturated rings. The number of hydrogen-bond donors (Lipinski definition) is 0. The Balaban J connectivity index is 1.69. The Morgan fingerprint density at radius 1 is 1.20 bits per heavy atom. The third-order valence-corrected chi connectivity index (χ3v) is 4.18. The van der Waals surface area contributed by atoms with Crippen LogP contribution in [-0.2, 0) is 0 Å². The number of anilines is 1. The predicted molar refractivity (Wildman–Crippen MR) is 71.4 cm³/mol. The van der Waals surface area contributed by atoms with E-state index in [1.165, 1.54) is 12.8 Å². The molecule has 0 amide bonds. The Bertz CT molecular complexity index is 638. The molecule has 0 N–H and O–H groups in total. The lowest BCUT2D eigenvalue weighted by Crippen LogP contribution is -2.39. The van der Waals surface area contributed by atoms with E-state index in [9.17, 15) is 8.78 Å². The second-order valence-electron chi connectivity index (χ2n) is 5.77. The Morgan fingerprint density at radius 3 is 2.65 bits per heavy atom. The van der Waals surface area contributed by atoms with Crippen LogP contribution in [0.3, 0.4) is 0 Å². The minimum atomic E-state index is -2.53. The van der Waals surface area contributed by atoms with E-state index in [0.29, 0.717) is 19.0 Å². The lowest BCUT2D eigenvalue weighted by Gasteiger charge is -2.32. The molecule has 2 aliphatic rings. The first kappa shape index (κ1) is 12.1. The Morgan fingerprint density at radius 2 is 1.95 bits per heavy atom. The Hall–Kier alpha value is -1.72. The molecule has 0 bridgehead atoms. The molecule has 0 radical (unpaired) electrons. The average Bonchev–Trinajstić information content (AvgIpc) is 3.18. The van der Waals surface area contributed by atoms with Gasteiger partial charge in [0.15, 0.2) is 5.82 Å². The highest BCUT2D eigenvalue weighted by molar-refractivity contribution is 5.69. The van der Waals surface area contributed by atoms with E-state index in [4.69, 9.17) is 0 Å². The summed E-state index contributed by atoms with van der Waals surface area (Å²) in [6.07, 6.45) is 5.71. The molecule has 1 saturated heterocycles. The van der Waals surface area contributed by atoms with Gasteiger partial charge in [-0.05, 0) is 18.9 Å². The van der Waals surface area contributed by atoms with Crippen molar-refractivity contribution >= 4 is 11.3 Å². The summed E-state index contributed by atoms with van der Waals surface area (Å²) >= 11 is 0. The highest BCUT2D eigenvalue weighted by atomic mass is 19.3. The van der Waals surface area contributed by atoms with E-state index >= 15 is 0 Å². The number of piperidine rings is 1. The van der Waals surface area contributed by atoms with Crippen LogP contribution in [0.5, 0.6) is 0 Å². The minimum Gasteiger partial charge on any atom is -0.354 e. The van der Waals surface area contributed by atoms with E-state index in [-0.39, 0.29) is 12.8 Å². The van der Waals surface area contributed by atoms with Gasteiger partial charge in [-0.2, -0.15) is 5.10 Å². The normalized spacial score (nSPS) is 22.4. The van der Waals surface area contributed by atoms with Gasteiger partial charge in [-0.1, -0.05) is 0 Å². The van der Waals surface area contributed by atoms with Crippen molar-refractivity contribution in [3.8, 4) is 0 Å². The molecule has 0 unspecified atom stereocenters. The quantitative estimate of drug-likeness (QED) is 0.847. The second kappa shape index (κ2) is 4.14. The third-order valence-electron chi connectivity index (χ3n) is 4.18. The summed E-state index contributed by atoms with van der Waals surface area (Å²) in [5.74, 6) is -1.17. The lowest BCUT2D eigenvalue weighted by atomic mass is 10.1. The van der Waals surface area contributed by atoms with Gasteiger partial charge < -0.3 is 4.90 Å². The number of halogens is 2. The summed E-state index contributed by atoms with van der Waals surface area (Å²) in [5.41, 5.74) is 2.03. The summed E-state index contributed by atoms with van der Waals surface area (Å²) in [5, 5.41) is 4.56. The maximum Gasteiger partial charge on any atom is 0.251 e. The molecule has 1 aliphatic carbocycles. The summed E-state index contributed by atoms with van der Waals surface area (Å²) in [6.45, 7) is 0.702. The summed E-state index contributed by atoms with van der Waals surface area (Å²) in [6, 6.07) is 2.06. The second-order valence-corrected chi connectivity index (χ2v) is 5.77. The molecule has 2 aromatic rings. The van der Waals surface area contributed by atoms with Crippen LogP contribution < -0.4 is 4.90 Å². The SMILES string of the molecule is FC1(F)CCN(c2nccn3nc(C4CC4)cc23)CC1. The van der Waals surface area contributed by atoms with Gasteiger partial charge in [0.25, 0.3) is 5.92 Å². The first-order chi connectivity index (χ1) is 9.62. The van der Waals surface area contributed by atoms with Crippen LogP contribution >= 0.6 is 0 Å². The first-order valence-corrected chi connectivity index (χ1v) is 7.09. The molecule has 0 aromatic carbocycles. The topological polar surface area (TPSA) is 33.4 Å². The molecular formula is C14H16F2N4. The van der Waals surface area contributed by atoms with Crippen LogP contribution in [0.2, 0.25) is 0 Å². The zero-order chi connectivity index (χ0) is 13.7. The van der Waals surface area contributed by atoms with Crippen molar-refractivity contribution < 1.29 is 8.78 Å². The van der Waals surface area contributed by atoms with E-state index in [0.717, 1.165) is 17.0 Å². The standard InChI is InChI=1S/C14H16F2N4/c15-14(16)3-6-19(7-4-14)13-12-9-11(10-1-2-10)18-20(12)8-5-17-13/h5,8-10H,1-4,6-7H2. The zero-order valence-corrected chi connectivity index (χ0v) is 11.1. The molecule has 20 heavy (non-hydrogen) atoms. The summed E-state index contributed by atoms with van der Waals surface area (Å²) < 4.78 is 28.3. The number of fused-ring (bicyclic) bond motifs is 1. The molecule has 3 heterocycles. The fourth-order valence-electron chi connectivity index (χ4n) is 2.80. The molecule has 1 saturated carbocycles. The van der Waals surface area contributed by atoms with Gasteiger partial charge in [-0.3, -0.25) is 0 Å². The van der Waals surface area contributed by atoms with Crippen molar-refractivity contribution in [2.45, 2.75) is 37.5 Å². The van der Waals surface area contributed by atoms with E-state index in [1.54, 1.807) is 6.20 Å². The summed E-state index contributed by atoms with van der Waals surface area (Å²) in [7, 11) is 0. The Labute approximate surface area is 115 Å². The van der Waals surface area contributed by atoms with Crippen molar-refractivity contribution in [1.82, 2.24) is 14.6 Å². The van der Waals surface area contributed by atoms with Crippen molar-refractivity contribution in [3.63, 3.8) is 0 Å². The van der Waals surface area contributed by atoms with Crippen molar-refractivity contribution in [3.05, 3.63) is 24.2 Å². The van der Waals surface area contributed by atoms with E-state index in [2.05, 4.69) is 16.1 Å². The van der Waals surface area contributed by atoms with Crippen molar-refractivity contribution in [2.24, 2.45) is 0 Å². The Kier molecular flexibility index (Phi) is 2.49. The molecular weight excluding hydrogens is 262 g/mol. The maximum atomic E-state index is 13.3. The lowest BCUT2D eigenvalue weighted by molar-refractivity contribution is -0.0221. The molecule has 4 rings (SSSR count). The van der Waals surface area contributed by atoms with Gasteiger partial charge >= 0.3 is 0 Å². The van der Waals surface area contributed by atoms with Crippen LogP contribution in [0.15, 0.2) is 18.5 Å². The van der Waals surface area contributed by atoms with Crippen molar-refractivity contribution in [1.29, 1.82) is 0 Å². The molecule has 0 atom stereocenters. The maximum absolute atomic E-state index is 13.3. The van der Waals surface area contributed by atoms with Crippen LogP contribution in [-0.4, -0.2) is 33.6 Å². The zero-order valence-electron chi connectivity index (χ0n) is 11.1. The monoisotopic (exact) mass is 278 g/mol. The van der Waals surface area contributed by atoms with Crippen LogP contribution in [0, 0.1) is 0 Å². The molecule has 4 nitrogen and oxygen atoms in total. The molecule has 106 valence electrons. The van der Waals surface area contributed by atoms with Crippen LogP contribution in [0.1, 0.15) is 37.3 Å². The number of alkyl halides is 2. The molecule has 2 aromatic heterocycles. The highest BCUT2D eigenvalue weighted by Gasteiger charge is 2.35. The first-order valence-electron chi connectivity index (χ1n) is 7.09. The number of hydrogen-bond acceptors (Lipinski definition) is 3. The molecule has 1 aliphatic heterocycles. The van der Waals surface area contributed by atoms with Gasteiger partial charge in [0.05, 0.1) is 5.69 Å². The van der Waals surface area contributed by atoms with E-state index < -0.39 is 5.92 Å². The smallest absolute Gasteiger partial charge is 0.251 e. The van der Waals surface area contributed by atoms with Gasteiger partial charge in [0, 0.05) is 44.2 Å². The van der Waals surface area contributed by atoms with Crippen molar-refractivity contribution in [2.75, 3.05) is 18.0 Å². The summed E-state index contributed by atoms with van der Waals surface area (Å²) in [4.78, 5) is 6.34. The van der Waals surface area contributed by atoms with Gasteiger partial charge in [0.2, 0.25) is 0 Å². The fourth-order valence-corrected chi connectivity index (χ4v) is 2.80. The average molecular weight is 278 g/mol.